The summed E-state index contributed by atoms with van der Waals surface area (Å²) < 4.78 is 5.96. The molecule has 0 atom stereocenters. The van der Waals surface area contributed by atoms with Gasteiger partial charge in [-0.05, 0) is 25.8 Å². The van der Waals surface area contributed by atoms with Gasteiger partial charge in [0.15, 0.2) is 5.96 Å². The van der Waals surface area contributed by atoms with Crippen LogP contribution in [0.5, 0.6) is 0 Å². The Morgan fingerprint density at radius 2 is 1.93 bits per heavy atom. The molecular formula is C21H30N4O2. The SMILES string of the molecule is CN=C(NCc1oc2ccccc2c1C)NCC1(C(=O)N(C)C)CCCC1. The van der Waals surface area contributed by atoms with Crippen LogP contribution in [-0.4, -0.2) is 44.5 Å². The summed E-state index contributed by atoms with van der Waals surface area (Å²) in [6.45, 7) is 3.22. The summed E-state index contributed by atoms with van der Waals surface area (Å²) >= 11 is 0. The minimum Gasteiger partial charge on any atom is -0.459 e. The van der Waals surface area contributed by atoms with Crippen LogP contribution in [0.3, 0.4) is 0 Å². The largest absolute Gasteiger partial charge is 0.459 e. The third kappa shape index (κ3) is 3.94. The highest BCUT2D eigenvalue weighted by Gasteiger charge is 2.42. The van der Waals surface area contributed by atoms with Gasteiger partial charge in [0.1, 0.15) is 11.3 Å². The van der Waals surface area contributed by atoms with Gasteiger partial charge < -0.3 is 20.0 Å². The average Bonchev–Trinajstić information content (AvgIpc) is 3.27. The van der Waals surface area contributed by atoms with E-state index in [0.717, 1.165) is 48.0 Å². The van der Waals surface area contributed by atoms with Gasteiger partial charge in [-0.1, -0.05) is 31.0 Å². The van der Waals surface area contributed by atoms with Gasteiger partial charge in [-0.15, -0.1) is 0 Å². The average molecular weight is 370 g/mol. The number of hydrogen-bond acceptors (Lipinski definition) is 3. The van der Waals surface area contributed by atoms with Gasteiger partial charge >= 0.3 is 0 Å². The summed E-state index contributed by atoms with van der Waals surface area (Å²) in [5.74, 6) is 1.79. The minimum absolute atomic E-state index is 0.205. The number of nitrogens with zero attached hydrogens (tertiary/aromatic N) is 2. The Balaban J connectivity index is 1.64. The maximum absolute atomic E-state index is 12.7. The van der Waals surface area contributed by atoms with Crippen LogP contribution in [0.4, 0.5) is 0 Å². The molecule has 1 fully saturated rings. The van der Waals surface area contributed by atoms with Crippen molar-refractivity contribution in [3.8, 4) is 0 Å². The maximum atomic E-state index is 12.7. The van der Waals surface area contributed by atoms with Crippen LogP contribution < -0.4 is 10.6 Å². The number of aryl methyl sites for hydroxylation is 1. The number of para-hydroxylation sites is 1. The van der Waals surface area contributed by atoms with Crippen LogP contribution in [0.1, 0.15) is 37.0 Å². The number of guanidine groups is 1. The Kier molecular flexibility index (Phi) is 5.73. The van der Waals surface area contributed by atoms with Crippen molar-refractivity contribution >= 4 is 22.8 Å². The lowest BCUT2D eigenvalue weighted by atomic mass is 9.84. The van der Waals surface area contributed by atoms with Crippen LogP contribution in [0, 0.1) is 12.3 Å². The van der Waals surface area contributed by atoms with E-state index in [1.807, 2.05) is 32.3 Å². The van der Waals surface area contributed by atoms with Crippen LogP contribution >= 0.6 is 0 Å². The third-order valence-corrected chi connectivity index (χ3v) is 5.60. The summed E-state index contributed by atoms with van der Waals surface area (Å²) in [4.78, 5) is 18.7. The molecule has 146 valence electrons. The van der Waals surface area contributed by atoms with Crippen molar-refractivity contribution in [3.05, 3.63) is 35.6 Å². The molecule has 0 saturated heterocycles. The molecule has 2 N–H and O–H groups in total. The summed E-state index contributed by atoms with van der Waals surface area (Å²) in [6.07, 6.45) is 4.06. The summed E-state index contributed by atoms with van der Waals surface area (Å²) in [6, 6.07) is 8.05. The Morgan fingerprint density at radius 1 is 1.22 bits per heavy atom. The molecule has 1 amide bonds. The Morgan fingerprint density at radius 3 is 2.56 bits per heavy atom. The van der Waals surface area contributed by atoms with Crippen molar-refractivity contribution in [2.45, 2.75) is 39.2 Å². The van der Waals surface area contributed by atoms with E-state index in [2.05, 4.69) is 28.6 Å². The monoisotopic (exact) mass is 370 g/mol. The zero-order chi connectivity index (χ0) is 19.4. The number of benzene rings is 1. The number of amides is 1. The molecule has 1 saturated carbocycles. The molecule has 1 aromatic carbocycles. The number of carbonyl (C=O) groups excluding carboxylic acids is 1. The molecule has 1 aromatic heterocycles. The first-order valence-electron chi connectivity index (χ1n) is 9.60. The highest BCUT2D eigenvalue weighted by molar-refractivity contribution is 5.85. The van der Waals surface area contributed by atoms with E-state index in [1.165, 1.54) is 0 Å². The number of furan rings is 1. The lowest BCUT2D eigenvalue weighted by molar-refractivity contribution is -0.138. The molecule has 0 unspecified atom stereocenters. The molecule has 0 aliphatic heterocycles. The standard InChI is InChI=1S/C21H30N4O2/c1-15-16-9-5-6-10-17(16)27-18(15)13-23-20(22-2)24-14-21(11-7-8-12-21)19(26)25(3)4/h5-6,9-10H,7-8,11-14H2,1-4H3,(H2,22,23,24). The minimum atomic E-state index is -0.323. The van der Waals surface area contributed by atoms with E-state index in [1.54, 1.807) is 11.9 Å². The fourth-order valence-electron chi connectivity index (χ4n) is 4.02. The van der Waals surface area contributed by atoms with Gasteiger partial charge in [-0.25, -0.2) is 0 Å². The molecule has 2 aromatic rings. The second-order valence-corrected chi connectivity index (χ2v) is 7.61. The predicted octanol–water partition coefficient (Wildman–Crippen LogP) is 3.05. The molecule has 6 nitrogen and oxygen atoms in total. The summed E-state index contributed by atoms with van der Waals surface area (Å²) in [7, 11) is 5.41. The van der Waals surface area contributed by atoms with Crippen LogP contribution in [0.2, 0.25) is 0 Å². The first-order valence-corrected chi connectivity index (χ1v) is 9.60. The van der Waals surface area contributed by atoms with Crippen molar-refractivity contribution in [2.75, 3.05) is 27.7 Å². The zero-order valence-electron chi connectivity index (χ0n) is 16.8. The maximum Gasteiger partial charge on any atom is 0.230 e. The lowest BCUT2D eigenvalue weighted by Crippen LogP contribution is -2.49. The molecule has 1 heterocycles. The highest BCUT2D eigenvalue weighted by atomic mass is 16.3. The van der Waals surface area contributed by atoms with Crippen molar-refractivity contribution in [2.24, 2.45) is 10.4 Å². The van der Waals surface area contributed by atoms with Gasteiger partial charge in [-0.3, -0.25) is 9.79 Å². The van der Waals surface area contributed by atoms with E-state index >= 15 is 0 Å². The summed E-state index contributed by atoms with van der Waals surface area (Å²) in [5, 5.41) is 7.82. The first-order chi connectivity index (χ1) is 13.0. The smallest absolute Gasteiger partial charge is 0.230 e. The quantitative estimate of drug-likeness (QED) is 0.627. The number of rotatable bonds is 5. The van der Waals surface area contributed by atoms with Gasteiger partial charge in [0.2, 0.25) is 5.91 Å². The lowest BCUT2D eigenvalue weighted by Gasteiger charge is -2.31. The predicted molar refractivity (Wildman–Crippen MR) is 109 cm³/mol. The topological polar surface area (TPSA) is 69.9 Å². The molecule has 0 spiro atoms. The van der Waals surface area contributed by atoms with E-state index < -0.39 is 0 Å². The third-order valence-electron chi connectivity index (χ3n) is 5.60. The Labute approximate surface area is 161 Å². The van der Waals surface area contributed by atoms with Crippen molar-refractivity contribution in [1.82, 2.24) is 15.5 Å². The van der Waals surface area contributed by atoms with Crippen LogP contribution in [0.25, 0.3) is 11.0 Å². The molecule has 0 bridgehead atoms. The second kappa shape index (κ2) is 8.03. The molecular weight excluding hydrogens is 340 g/mol. The molecule has 0 radical (unpaired) electrons. The van der Waals surface area contributed by atoms with E-state index in [9.17, 15) is 4.79 Å². The van der Waals surface area contributed by atoms with Gasteiger partial charge in [0.05, 0.1) is 12.0 Å². The normalized spacial score (nSPS) is 16.5. The molecule has 6 heteroatoms. The number of nitrogens with one attached hydrogen (secondary N) is 2. The van der Waals surface area contributed by atoms with Gasteiger partial charge in [0, 0.05) is 38.6 Å². The van der Waals surface area contributed by atoms with Crippen molar-refractivity contribution < 1.29 is 9.21 Å². The number of aliphatic imine (C=N–C) groups is 1. The molecule has 27 heavy (non-hydrogen) atoms. The van der Waals surface area contributed by atoms with Crippen LogP contribution in [0.15, 0.2) is 33.7 Å². The number of fused-ring (bicyclic) bond motifs is 1. The van der Waals surface area contributed by atoms with Crippen molar-refractivity contribution in [1.29, 1.82) is 0 Å². The highest BCUT2D eigenvalue weighted by Crippen LogP contribution is 2.38. The Hall–Kier alpha value is -2.50. The number of carbonyl (C=O) groups is 1. The van der Waals surface area contributed by atoms with Gasteiger partial charge in [-0.2, -0.15) is 0 Å². The number of hydrogen-bond donors (Lipinski definition) is 2. The fourth-order valence-corrected chi connectivity index (χ4v) is 4.02. The molecule has 1 aliphatic carbocycles. The first kappa shape index (κ1) is 19.3. The zero-order valence-corrected chi connectivity index (χ0v) is 16.8. The summed E-state index contributed by atoms with van der Waals surface area (Å²) in [5.41, 5.74) is 1.72. The molecule has 1 aliphatic rings. The van der Waals surface area contributed by atoms with Crippen LogP contribution in [-0.2, 0) is 11.3 Å². The van der Waals surface area contributed by atoms with E-state index in [-0.39, 0.29) is 11.3 Å². The van der Waals surface area contributed by atoms with Crippen molar-refractivity contribution in [3.63, 3.8) is 0 Å². The Bertz CT molecular complexity index is 832. The molecule has 3 rings (SSSR count). The van der Waals surface area contributed by atoms with E-state index in [0.29, 0.717) is 19.0 Å². The van der Waals surface area contributed by atoms with E-state index in [4.69, 9.17) is 4.42 Å². The fraction of sp³-hybridized carbons (Fsp3) is 0.524. The van der Waals surface area contributed by atoms with Gasteiger partial charge in [0.25, 0.3) is 0 Å². The second-order valence-electron chi connectivity index (χ2n) is 7.61.